The van der Waals surface area contributed by atoms with Crippen LogP contribution in [0.5, 0.6) is 0 Å². The largest absolute Gasteiger partial charge is 0.449 e. The summed E-state index contributed by atoms with van der Waals surface area (Å²) in [6.45, 7) is 3.13. The molecule has 0 unspecified atom stereocenters. The van der Waals surface area contributed by atoms with Gasteiger partial charge in [0.2, 0.25) is 5.88 Å². The molecule has 1 aliphatic carbocycles. The van der Waals surface area contributed by atoms with Crippen LogP contribution in [0.4, 0.5) is 0 Å². The molecule has 0 aliphatic heterocycles. The second kappa shape index (κ2) is 8.12. The molecule has 3 rings (SSSR count). The summed E-state index contributed by atoms with van der Waals surface area (Å²) < 4.78 is 12.5. The summed E-state index contributed by atoms with van der Waals surface area (Å²) in [6.07, 6.45) is 7.77. The van der Waals surface area contributed by atoms with Gasteiger partial charge in [0.05, 0.1) is 0 Å². The molecule has 7 heteroatoms. The molecule has 142 valence electrons. The first-order valence-electron chi connectivity index (χ1n) is 9.19. The van der Waals surface area contributed by atoms with Crippen LogP contribution >= 0.6 is 0 Å². The molecule has 0 spiro atoms. The average Bonchev–Trinajstić information content (AvgIpc) is 3.29. The highest BCUT2D eigenvalue weighted by Crippen LogP contribution is 2.26. The maximum Gasteiger partial charge on any atom is 0.343 e. The third kappa shape index (κ3) is 4.05. The minimum absolute atomic E-state index is 0.0542. The Hall–Kier alpha value is -3.01. The van der Waals surface area contributed by atoms with Crippen molar-refractivity contribution in [3.8, 4) is 12.0 Å². The van der Waals surface area contributed by atoms with E-state index >= 15 is 0 Å². The summed E-state index contributed by atoms with van der Waals surface area (Å²) in [7, 11) is 0. The van der Waals surface area contributed by atoms with Crippen LogP contribution < -0.4 is 5.32 Å². The first-order chi connectivity index (χ1) is 13.0. The number of furan rings is 1. The Morgan fingerprint density at radius 2 is 1.96 bits per heavy atom. The summed E-state index contributed by atoms with van der Waals surface area (Å²) in [4.78, 5) is 24.9. The van der Waals surface area contributed by atoms with Crippen molar-refractivity contribution in [3.63, 3.8) is 0 Å². The number of amides is 1. The van der Waals surface area contributed by atoms with Crippen molar-refractivity contribution in [1.82, 2.24) is 9.88 Å². The van der Waals surface area contributed by atoms with Gasteiger partial charge in [-0.05, 0) is 38.8 Å². The number of nitriles is 1. The second-order valence-electron chi connectivity index (χ2n) is 6.81. The maximum absolute atomic E-state index is 12.6. The van der Waals surface area contributed by atoms with Crippen molar-refractivity contribution in [2.75, 3.05) is 0 Å². The van der Waals surface area contributed by atoms with E-state index in [0.29, 0.717) is 0 Å². The van der Waals surface area contributed by atoms with Crippen LogP contribution in [-0.4, -0.2) is 28.6 Å². The fraction of sp³-hybridized carbons (Fsp3) is 0.450. The smallest absolute Gasteiger partial charge is 0.343 e. The van der Waals surface area contributed by atoms with Crippen LogP contribution in [-0.2, 0) is 9.53 Å². The number of rotatable bonds is 5. The number of carbonyl (C=O) groups is 2. The van der Waals surface area contributed by atoms with E-state index < -0.39 is 12.1 Å². The minimum Gasteiger partial charge on any atom is -0.449 e. The van der Waals surface area contributed by atoms with Crippen LogP contribution in [0.15, 0.2) is 28.9 Å². The summed E-state index contributed by atoms with van der Waals surface area (Å²) in [5, 5.41) is 12.4. The molecule has 1 fully saturated rings. The monoisotopic (exact) mass is 369 g/mol. The standard InChI is InChI=1S/C20H23N3O4/c1-13-17(16(12-21)19(26-13)23-10-6-7-11-23)20(25)27-14(2)18(24)22-15-8-4-3-5-9-15/h6-7,10-11,14-15H,3-5,8-9H2,1-2H3,(H,22,24)/t14-/m0/s1. The van der Waals surface area contributed by atoms with Crippen molar-refractivity contribution >= 4 is 11.9 Å². The van der Waals surface area contributed by atoms with E-state index in [1.54, 1.807) is 36.0 Å². The summed E-state index contributed by atoms with van der Waals surface area (Å²) >= 11 is 0. The Bertz CT molecular complexity index is 855. The van der Waals surface area contributed by atoms with Gasteiger partial charge in [-0.15, -0.1) is 0 Å². The highest BCUT2D eigenvalue weighted by atomic mass is 16.5. The zero-order valence-electron chi connectivity index (χ0n) is 15.5. The number of aromatic nitrogens is 1. The Morgan fingerprint density at radius 3 is 2.59 bits per heavy atom. The third-order valence-electron chi connectivity index (χ3n) is 4.83. The number of nitrogens with one attached hydrogen (secondary N) is 1. The molecule has 2 aromatic heterocycles. The number of hydrogen-bond acceptors (Lipinski definition) is 5. The zero-order chi connectivity index (χ0) is 19.4. The molecule has 1 amide bonds. The predicted molar refractivity (Wildman–Crippen MR) is 97.4 cm³/mol. The van der Waals surface area contributed by atoms with E-state index in [0.717, 1.165) is 25.7 Å². The van der Waals surface area contributed by atoms with Gasteiger partial charge in [-0.25, -0.2) is 4.79 Å². The van der Waals surface area contributed by atoms with E-state index in [4.69, 9.17) is 9.15 Å². The molecule has 0 aromatic carbocycles. The summed E-state index contributed by atoms with van der Waals surface area (Å²) in [5.74, 6) is -0.524. The maximum atomic E-state index is 12.6. The molecule has 27 heavy (non-hydrogen) atoms. The van der Waals surface area contributed by atoms with Gasteiger partial charge in [0.15, 0.2) is 6.10 Å². The normalized spacial score (nSPS) is 15.7. The van der Waals surface area contributed by atoms with Crippen molar-refractivity contribution < 1.29 is 18.7 Å². The minimum atomic E-state index is -0.949. The molecule has 1 aliphatic rings. The highest BCUT2D eigenvalue weighted by Gasteiger charge is 2.29. The first-order valence-corrected chi connectivity index (χ1v) is 9.19. The van der Waals surface area contributed by atoms with Crippen LogP contribution in [0.2, 0.25) is 0 Å². The first kappa shape index (κ1) is 18.8. The summed E-state index contributed by atoms with van der Waals surface area (Å²) in [5.41, 5.74) is 0.145. The quantitative estimate of drug-likeness (QED) is 0.816. The van der Waals surface area contributed by atoms with Crippen molar-refractivity contribution in [3.05, 3.63) is 41.4 Å². The molecule has 0 radical (unpaired) electrons. The number of aryl methyl sites for hydroxylation is 1. The lowest BCUT2D eigenvalue weighted by molar-refractivity contribution is -0.130. The number of ether oxygens (including phenoxy) is 1. The number of esters is 1. The van der Waals surface area contributed by atoms with Crippen LogP contribution in [0.25, 0.3) is 5.88 Å². The van der Waals surface area contributed by atoms with E-state index in [1.165, 1.54) is 13.3 Å². The molecule has 2 aromatic rings. The lowest BCUT2D eigenvalue weighted by Crippen LogP contribution is -2.42. The molecular weight excluding hydrogens is 346 g/mol. The van der Waals surface area contributed by atoms with Gasteiger partial charge < -0.3 is 14.5 Å². The van der Waals surface area contributed by atoms with E-state index in [2.05, 4.69) is 5.32 Å². The molecule has 2 heterocycles. The average molecular weight is 369 g/mol. The number of hydrogen-bond donors (Lipinski definition) is 1. The van der Waals surface area contributed by atoms with Crippen LogP contribution in [0.1, 0.15) is 60.7 Å². The van der Waals surface area contributed by atoms with E-state index in [9.17, 15) is 14.9 Å². The van der Waals surface area contributed by atoms with Gasteiger partial charge in [0.25, 0.3) is 5.91 Å². The topological polar surface area (TPSA) is 97.3 Å². The lowest BCUT2D eigenvalue weighted by atomic mass is 9.95. The fourth-order valence-corrected chi connectivity index (χ4v) is 3.37. The van der Waals surface area contributed by atoms with Crippen molar-refractivity contribution in [2.24, 2.45) is 0 Å². The predicted octanol–water partition coefficient (Wildman–Crippen LogP) is 3.24. The summed E-state index contributed by atoms with van der Waals surface area (Å²) in [6, 6.07) is 5.72. The van der Waals surface area contributed by atoms with Gasteiger partial charge in [-0.3, -0.25) is 9.36 Å². The molecule has 1 N–H and O–H groups in total. The van der Waals surface area contributed by atoms with Crippen molar-refractivity contribution in [1.29, 1.82) is 5.26 Å². The van der Waals surface area contributed by atoms with Gasteiger partial charge >= 0.3 is 5.97 Å². The third-order valence-corrected chi connectivity index (χ3v) is 4.83. The van der Waals surface area contributed by atoms with Crippen LogP contribution in [0, 0.1) is 18.3 Å². The van der Waals surface area contributed by atoms with Crippen molar-refractivity contribution in [2.45, 2.75) is 58.1 Å². The van der Waals surface area contributed by atoms with Gasteiger partial charge in [-0.1, -0.05) is 19.3 Å². The Morgan fingerprint density at radius 1 is 1.30 bits per heavy atom. The van der Waals surface area contributed by atoms with E-state index in [-0.39, 0.29) is 34.7 Å². The molecule has 0 bridgehead atoms. The Kier molecular flexibility index (Phi) is 5.65. The van der Waals surface area contributed by atoms with Gasteiger partial charge in [0.1, 0.15) is 23.0 Å². The Labute approximate surface area is 157 Å². The molecular formula is C20H23N3O4. The van der Waals surface area contributed by atoms with Crippen LogP contribution in [0.3, 0.4) is 0 Å². The molecule has 1 saturated carbocycles. The molecule has 0 saturated heterocycles. The van der Waals surface area contributed by atoms with E-state index in [1.807, 2.05) is 6.07 Å². The number of nitrogens with zero attached hydrogens (tertiary/aromatic N) is 2. The molecule has 1 atom stereocenters. The molecule has 7 nitrogen and oxygen atoms in total. The SMILES string of the molecule is Cc1oc(-n2cccc2)c(C#N)c1C(=O)O[C@@H](C)C(=O)NC1CCCCC1. The second-order valence-corrected chi connectivity index (χ2v) is 6.81. The van der Waals surface area contributed by atoms with Gasteiger partial charge in [-0.2, -0.15) is 5.26 Å². The highest BCUT2D eigenvalue weighted by molar-refractivity contribution is 5.96. The Balaban J connectivity index is 1.72. The fourth-order valence-electron chi connectivity index (χ4n) is 3.37. The zero-order valence-corrected chi connectivity index (χ0v) is 15.5. The number of carbonyl (C=O) groups excluding carboxylic acids is 2. The van der Waals surface area contributed by atoms with Gasteiger partial charge in [0, 0.05) is 18.4 Å². The lowest BCUT2D eigenvalue weighted by Gasteiger charge is -2.24.